The molecule has 1 aromatic rings. The molecule has 19 heavy (non-hydrogen) atoms. The van der Waals surface area contributed by atoms with E-state index >= 15 is 0 Å². The molecule has 0 aliphatic carbocycles. The summed E-state index contributed by atoms with van der Waals surface area (Å²) in [5.74, 6) is -3.42. The Kier molecular flexibility index (Phi) is 4.51. The lowest BCUT2D eigenvalue weighted by Gasteiger charge is -2.10. The van der Waals surface area contributed by atoms with Crippen LogP contribution in [0.2, 0.25) is 5.02 Å². The van der Waals surface area contributed by atoms with E-state index in [-0.39, 0.29) is 15.6 Å². The van der Waals surface area contributed by atoms with Crippen LogP contribution in [0.5, 0.6) is 0 Å². The van der Waals surface area contributed by atoms with Crippen LogP contribution in [0.4, 0.5) is 5.69 Å². The standard InChI is InChI=1S/C10H11ClN2O5S/c1-5(10(15)16)9(14)13-8-4-6(19(12,17)18)2-3-7(8)11/h2-5H,1H3,(H,13,14)(H,15,16)(H2,12,17,18). The predicted molar refractivity (Wildman–Crippen MR) is 68.3 cm³/mol. The van der Waals surface area contributed by atoms with Crippen LogP contribution in [0.3, 0.4) is 0 Å². The topological polar surface area (TPSA) is 127 Å². The van der Waals surface area contributed by atoms with Gasteiger partial charge in [0.15, 0.2) is 0 Å². The Morgan fingerprint density at radius 2 is 2.00 bits per heavy atom. The van der Waals surface area contributed by atoms with Crippen LogP contribution >= 0.6 is 11.6 Å². The summed E-state index contributed by atoms with van der Waals surface area (Å²) in [6, 6.07) is 3.47. The molecular weight excluding hydrogens is 296 g/mol. The normalized spacial score (nSPS) is 12.8. The molecule has 0 aromatic heterocycles. The van der Waals surface area contributed by atoms with Crippen LogP contribution in [0.1, 0.15) is 6.92 Å². The second-order valence-electron chi connectivity index (χ2n) is 3.74. The third-order valence-corrected chi connectivity index (χ3v) is 3.53. The van der Waals surface area contributed by atoms with Crippen molar-refractivity contribution in [2.24, 2.45) is 11.1 Å². The van der Waals surface area contributed by atoms with Gasteiger partial charge in [0.05, 0.1) is 15.6 Å². The van der Waals surface area contributed by atoms with Crippen molar-refractivity contribution in [2.45, 2.75) is 11.8 Å². The van der Waals surface area contributed by atoms with Gasteiger partial charge in [-0.25, -0.2) is 13.6 Å². The van der Waals surface area contributed by atoms with Crippen molar-refractivity contribution >= 4 is 39.2 Å². The Bertz CT molecular complexity index is 629. The highest BCUT2D eigenvalue weighted by atomic mass is 35.5. The van der Waals surface area contributed by atoms with E-state index in [1.807, 2.05) is 0 Å². The molecule has 0 fully saturated rings. The summed E-state index contributed by atoms with van der Waals surface area (Å²) < 4.78 is 22.3. The van der Waals surface area contributed by atoms with E-state index in [1.54, 1.807) is 0 Å². The maximum atomic E-state index is 11.5. The molecule has 0 bridgehead atoms. The summed E-state index contributed by atoms with van der Waals surface area (Å²) in [5.41, 5.74) is -0.0220. The second-order valence-corrected chi connectivity index (χ2v) is 5.70. The Hall–Kier alpha value is -1.64. The molecule has 0 aliphatic rings. The third kappa shape index (κ3) is 3.91. The Morgan fingerprint density at radius 3 is 2.47 bits per heavy atom. The fraction of sp³-hybridized carbons (Fsp3) is 0.200. The number of nitrogens with one attached hydrogen (secondary N) is 1. The largest absolute Gasteiger partial charge is 0.481 e. The molecule has 0 heterocycles. The molecule has 0 radical (unpaired) electrons. The first kappa shape index (κ1) is 15.4. The summed E-state index contributed by atoms with van der Waals surface area (Å²) >= 11 is 5.78. The van der Waals surface area contributed by atoms with Crippen molar-refractivity contribution in [3.8, 4) is 0 Å². The minimum Gasteiger partial charge on any atom is -0.481 e. The van der Waals surface area contributed by atoms with Gasteiger partial charge in [0.1, 0.15) is 5.92 Å². The molecule has 1 amide bonds. The van der Waals surface area contributed by atoms with Gasteiger partial charge in [0.2, 0.25) is 15.9 Å². The van der Waals surface area contributed by atoms with Crippen LogP contribution in [-0.2, 0) is 19.6 Å². The number of hydrogen-bond donors (Lipinski definition) is 3. The molecule has 1 rings (SSSR count). The molecule has 1 aromatic carbocycles. The molecule has 7 nitrogen and oxygen atoms in total. The van der Waals surface area contributed by atoms with Crippen LogP contribution in [0.15, 0.2) is 23.1 Å². The smallest absolute Gasteiger partial charge is 0.315 e. The van der Waals surface area contributed by atoms with Crippen LogP contribution < -0.4 is 10.5 Å². The van der Waals surface area contributed by atoms with E-state index in [4.69, 9.17) is 21.8 Å². The first-order valence-corrected chi connectivity index (χ1v) is 6.91. The highest BCUT2D eigenvalue weighted by molar-refractivity contribution is 7.89. The van der Waals surface area contributed by atoms with Crippen LogP contribution in [0, 0.1) is 5.92 Å². The van der Waals surface area contributed by atoms with Gasteiger partial charge in [-0.05, 0) is 25.1 Å². The number of hydrogen-bond acceptors (Lipinski definition) is 4. The summed E-state index contributed by atoms with van der Waals surface area (Å²) in [5, 5.41) is 15.9. The molecule has 1 unspecified atom stereocenters. The molecule has 0 saturated heterocycles. The molecule has 0 aliphatic heterocycles. The van der Waals surface area contributed by atoms with Gasteiger partial charge in [0.25, 0.3) is 0 Å². The third-order valence-electron chi connectivity index (χ3n) is 2.29. The zero-order chi connectivity index (χ0) is 14.8. The molecule has 9 heteroatoms. The lowest BCUT2D eigenvalue weighted by atomic mass is 10.1. The van der Waals surface area contributed by atoms with Crippen molar-refractivity contribution in [2.75, 3.05) is 5.32 Å². The number of rotatable bonds is 4. The maximum Gasteiger partial charge on any atom is 0.315 e. The van der Waals surface area contributed by atoms with Gasteiger partial charge in [-0.3, -0.25) is 9.59 Å². The zero-order valence-corrected chi connectivity index (χ0v) is 11.3. The van der Waals surface area contributed by atoms with Gasteiger partial charge in [-0.2, -0.15) is 0 Å². The number of carbonyl (C=O) groups is 2. The predicted octanol–water partition coefficient (Wildman–Crippen LogP) is 0.647. The molecule has 104 valence electrons. The minimum atomic E-state index is -3.94. The summed E-state index contributed by atoms with van der Waals surface area (Å²) in [6.07, 6.45) is 0. The lowest BCUT2D eigenvalue weighted by Crippen LogP contribution is -2.27. The zero-order valence-electron chi connectivity index (χ0n) is 9.75. The number of nitrogens with two attached hydrogens (primary N) is 1. The van der Waals surface area contributed by atoms with Crippen molar-refractivity contribution in [3.63, 3.8) is 0 Å². The molecule has 1 atom stereocenters. The molecule has 4 N–H and O–H groups in total. The van der Waals surface area contributed by atoms with E-state index in [9.17, 15) is 18.0 Å². The minimum absolute atomic E-state index is 0.0220. The van der Waals surface area contributed by atoms with E-state index in [1.165, 1.54) is 19.1 Å². The highest BCUT2D eigenvalue weighted by Crippen LogP contribution is 2.25. The fourth-order valence-electron chi connectivity index (χ4n) is 1.13. The van der Waals surface area contributed by atoms with E-state index in [2.05, 4.69) is 5.32 Å². The highest BCUT2D eigenvalue weighted by Gasteiger charge is 2.21. The number of anilines is 1. The van der Waals surface area contributed by atoms with Crippen molar-refractivity contribution in [3.05, 3.63) is 23.2 Å². The second kappa shape index (κ2) is 5.55. The number of sulfonamides is 1. The maximum absolute atomic E-state index is 11.5. The number of benzene rings is 1. The number of primary sulfonamides is 1. The Morgan fingerprint density at radius 1 is 1.42 bits per heavy atom. The first-order valence-electron chi connectivity index (χ1n) is 4.99. The average Bonchev–Trinajstić information content (AvgIpc) is 2.29. The number of carboxylic acids is 1. The van der Waals surface area contributed by atoms with E-state index in [0.29, 0.717) is 0 Å². The molecule has 0 spiro atoms. The SMILES string of the molecule is CC(C(=O)O)C(=O)Nc1cc(S(N)(=O)=O)ccc1Cl. The molecular formula is C10H11ClN2O5S. The lowest BCUT2D eigenvalue weighted by molar-refractivity contribution is -0.144. The van der Waals surface area contributed by atoms with E-state index < -0.39 is 27.8 Å². The fourth-order valence-corrected chi connectivity index (χ4v) is 1.83. The van der Waals surface area contributed by atoms with Gasteiger partial charge in [-0.15, -0.1) is 0 Å². The van der Waals surface area contributed by atoms with Crippen molar-refractivity contribution in [1.82, 2.24) is 0 Å². The summed E-state index contributed by atoms with van der Waals surface area (Å²) in [4.78, 5) is 21.9. The van der Waals surface area contributed by atoms with Gasteiger partial charge < -0.3 is 10.4 Å². The number of halogens is 1. The van der Waals surface area contributed by atoms with Crippen LogP contribution in [0.25, 0.3) is 0 Å². The van der Waals surface area contributed by atoms with Gasteiger partial charge in [0, 0.05) is 0 Å². The monoisotopic (exact) mass is 306 g/mol. The Balaban J connectivity index is 3.08. The number of carbonyl (C=O) groups excluding carboxylic acids is 1. The van der Waals surface area contributed by atoms with Crippen molar-refractivity contribution < 1.29 is 23.1 Å². The number of aliphatic carboxylic acids is 1. The van der Waals surface area contributed by atoms with Crippen molar-refractivity contribution in [1.29, 1.82) is 0 Å². The van der Waals surface area contributed by atoms with Gasteiger partial charge >= 0.3 is 5.97 Å². The quantitative estimate of drug-likeness (QED) is 0.704. The van der Waals surface area contributed by atoms with Crippen LogP contribution in [-0.4, -0.2) is 25.4 Å². The summed E-state index contributed by atoms with van der Waals surface area (Å²) in [7, 11) is -3.94. The van der Waals surface area contributed by atoms with Gasteiger partial charge in [-0.1, -0.05) is 11.6 Å². The number of amides is 1. The number of carboxylic acid groups (broad SMARTS) is 1. The first-order chi connectivity index (χ1) is 8.62. The van der Waals surface area contributed by atoms with E-state index in [0.717, 1.165) is 6.07 Å². The Labute approximate surface area is 114 Å². The molecule has 0 saturated carbocycles. The summed E-state index contributed by atoms with van der Waals surface area (Å²) in [6.45, 7) is 1.19. The average molecular weight is 307 g/mol.